The Hall–Kier alpha value is -3.48. The Morgan fingerprint density at radius 2 is 2.12 bits per heavy atom. The summed E-state index contributed by atoms with van der Waals surface area (Å²) in [4.78, 5) is 22.6. The van der Waals surface area contributed by atoms with E-state index in [4.69, 9.17) is 4.74 Å². The van der Waals surface area contributed by atoms with Crippen LogP contribution < -0.4 is 10.2 Å². The van der Waals surface area contributed by atoms with Crippen LogP contribution in [0.4, 0.5) is 5.69 Å². The Morgan fingerprint density at radius 3 is 2.84 bits per heavy atom. The van der Waals surface area contributed by atoms with E-state index in [1.165, 1.54) is 31.3 Å². The monoisotopic (exact) mass is 339 g/mol. The molecule has 0 fully saturated rings. The number of benzene rings is 2. The Labute approximate surface area is 144 Å². The maximum Gasteiger partial charge on any atom is 0.273 e. The maximum absolute atomic E-state index is 12.2. The van der Waals surface area contributed by atoms with Crippen LogP contribution in [0.15, 0.2) is 60.2 Å². The number of hydrogen-bond acceptors (Lipinski definition) is 5. The van der Waals surface area contributed by atoms with Crippen LogP contribution in [0.1, 0.15) is 21.5 Å². The van der Waals surface area contributed by atoms with Gasteiger partial charge in [-0.3, -0.25) is 14.9 Å². The molecule has 1 amide bonds. The summed E-state index contributed by atoms with van der Waals surface area (Å²) in [5.74, 6) is 0.140. The van der Waals surface area contributed by atoms with E-state index in [1.54, 1.807) is 30.3 Å². The first kappa shape index (κ1) is 17.9. The van der Waals surface area contributed by atoms with Crippen molar-refractivity contribution in [3.63, 3.8) is 0 Å². The highest BCUT2D eigenvalue weighted by atomic mass is 16.6. The van der Waals surface area contributed by atoms with E-state index < -0.39 is 10.8 Å². The molecule has 128 valence electrons. The zero-order valence-corrected chi connectivity index (χ0v) is 13.6. The Bertz CT molecular complexity index is 831. The van der Waals surface area contributed by atoms with Crippen LogP contribution in [0, 0.1) is 17.0 Å². The summed E-state index contributed by atoms with van der Waals surface area (Å²) in [6, 6.07) is 11.5. The first-order valence-corrected chi connectivity index (χ1v) is 7.44. The molecule has 0 radical (unpaired) electrons. The number of nitrogens with one attached hydrogen (secondary N) is 1. The summed E-state index contributed by atoms with van der Waals surface area (Å²) >= 11 is 0. The zero-order valence-electron chi connectivity index (χ0n) is 13.6. The van der Waals surface area contributed by atoms with E-state index in [0.29, 0.717) is 17.9 Å². The topological polar surface area (TPSA) is 93.8 Å². The van der Waals surface area contributed by atoms with E-state index in [0.717, 1.165) is 5.56 Å². The second kappa shape index (κ2) is 8.39. The van der Waals surface area contributed by atoms with Crippen LogP contribution in [-0.2, 0) is 0 Å². The predicted molar refractivity (Wildman–Crippen MR) is 95.0 cm³/mol. The predicted octanol–water partition coefficient (Wildman–Crippen LogP) is 3.23. The largest absolute Gasteiger partial charge is 0.490 e. The van der Waals surface area contributed by atoms with Gasteiger partial charge in [-0.25, -0.2) is 5.43 Å². The van der Waals surface area contributed by atoms with E-state index >= 15 is 0 Å². The molecule has 7 heteroatoms. The standard InChI is InChI=1S/C18H17N3O4/c1-3-10-25-15-7-4-6-14(11-15)12-19-20-18(22)16-8-5-9-17(13(16)2)21(23)24/h3-9,11-12H,1,10H2,2H3,(H,20,22)/b19-12-. The molecule has 2 rings (SSSR count). The highest BCUT2D eigenvalue weighted by Gasteiger charge is 2.17. The molecular weight excluding hydrogens is 322 g/mol. The fourth-order valence-corrected chi connectivity index (χ4v) is 2.13. The van der Waals surface area contributed by atoms with Crippen molar-refractivity contribution in [1.82, 2.24) is 5.43 Å². The van der Waals surface area contributed by atoms with E-state index in [9.17, 15) is 14.9 Å². The third kappa shape index (κ3) is 4.74. The van der Waals surface area contributed by atoms with Crippen molar-refractivity contribution in [2.75, 3.05) is 6.61 Å². The van der Waals surface area contributed by atoms with Crippen molar-refractivity contribution in [2.24, 2.45) is 5.10 Å². The molecule has 0 heterocycles. The van der Waals surface area contributed by atoms with Crippen molar-refractivity contribution in [3.05, 3.63) is 81.9 Å². The van der Waals surface area contributed by atoms with Crippen LogP contribution in [0.2, 0.25) is 0 Å². The van der Waals surface area contributed by atoms with E-state index in [1.807, 2.05) is 0 Å². The quantitative estimate of drug-likeness (QED) is 0.363. The van der Waals surface area contributed by atoms with Gasteiger partial charge in [-0.1, -0.05) is 30.9 Å². The highest BCUT2D eigenvalue weighted by Crippen LogP contribution is 2.20. The summed E-state index contributed by atoms with van der Waals surface area (Å²) in [5.41, 5.74) is 3.49. The van der Waals surface area contributed by atoms with Gasteiger partial charge >= 0.3 is 0 Å². The molecule has 1 N–H and O–H groups in total. The number of nitro groups is 1. The summed E-state index contributed by atoms with van der Waals surface area (Å²) in [6.07, 6.45) is 3.10. The third-order valence-corrected chi connectivity index (χ3v) is 3.35. The second-order valence-corrected chi connectivity index (χ2v) is 5.08. The lowest BCUT2D eigenvalue weighted by Crippen LogP contribution is -2.19. The number of nitro benzene ring substituents is 1. The molecule has 0 aromatic heterocycles. The minimum Gasteiger partial charge on any atom is -0.490 e. The van der Waals surface area contributed by atoms with Gasteiger partial charge in [0.25, 0.3) is 11.6 Å². The van der Waals surface area contributed by atoms with E-state index in [2.05, 4.69) is 17.1 Å². The number of hydrogen-bond donors (Lipinski definition) is 1. The van der Waals surface area contributed by atoms with Gasteiger partial charge in [0.2, 0.25) is 0 Å². The van der Waals surface area contributed by atoms with Crippen LogP contribution in [0.5, 0.6) is 5.75 Å². The van der Waals surface area contributed by atoms with Gasteiger partial charge in [-0.2, -0.15) is 5.10 Å². The average molecular weight is 339 g/mol. The van der Waals surface area contributed by atoms with Gasteiger partial charge in [-0.05, 0) is 30.7 Å². The number of hydrazone groups is 1. The Kier molecular flexibility index (Phi) is 6.00. The molecule has 2 aromatic carbocycles. The molecule has 0 aliphatic carbocycles. The van der Waals surface area contributed by atoms with Crippen LogP contribution >= 0.6 is 0 Å². The van der Waals surface area contributed by atoms with Gasteiger partial charge < -0.3 is 4.74 Å². The zero-order chi connectivity index (χ0) is 18.2. The van der Waals surface area contributed by atoms with Gasteiger partial charge in [-0.15, -0.1) is 0 Å². The lowest BCUT2D eigenvalue weighted by Gasteiger charge is -2.05. The fraction of sp³-hybridized carbons (Fsp3) is 0.111. The third-order valence-electron chi connectivity index (χ3n) is 3.35. The molecular formula is C18H17N3O4. The minimum atomic E-state index is -0.524. The Balaban J connectivity index is 2.07. The molecule has 0 atom stereocenters. The van der Waals surface area contributed by atoms with Gasteiger partial charge in [0.15, 0.2) is 0 Å². The van der Waals surface area contributed by atoms with Crippen molar-refractivity contribution >= 4 is 17.8 Å². The molecule has 25 heavy (non-hydrogen) atoms. The summed E-state index contributed by atoms with van der Waals surface area (Å²) in [5, 5.41) is 14.8. The SMILES string of the molecule is C=CCOc1cccc(/C=N\NC(=O)c2cccc([N+](=O)[O-])c2C)c1. The molecule has 0 unspecified atom stereocenters. The fourth-order valence-electron chi connectivity index (χ4n) is 2.13. The lowest BCUT2D eigenvalue weighted by molar-refractivity contribution is -0.385. The van der Waals surface area contributed by atoms with Crippen molar-refractivity contribution in [2.45, 2.75) is 6.92 Å². The van der Waals surface area contributed by atoms with Gasteiger partial charge in [0, 0.05) is 11.6 Å². The first-order valence-electron chi connectivity index (χ1n) is 7.44. The van der Waals surface area contributed by atoms with Crippen molar-refractivity contribution in [3.8, 4) is 5.75 Å². The number of carbonyl (C=O) groups is 1. The highest BCUT2D eigenvalue weighted by molar-refractivity contribution is 5.97. The number of carbonyl (C=O) groups excluding carboxylic acids is 1. The smallest absolute Gasteiger partial charge is 0.273 e. The molecule has 7 nitrogen and oxygen atoms in total. The summed E-state index contributed by atoms with van der Waals surface area (Å²) in [7, 11) is 0. The van der Waals surface area contributed by atoms with E-state index in [-0.39, 0.29) is 11.3 Å². The number of ether oxygens (including phenoxy) is 1. The Morgan fingerprint density at radius 1 is 1.36 bits per heavy atom. The van der Waals surface area contributed by atoms with Gasteiger partial charge in [0.05, 0.1) is 16.7 Å². The minimum absolute atomic E-state index is 0.108. The van der Waals surface area contributed by atoms with Crippen molar-refractivity contribution in [1.29, 1.82) is 0 Å². The number of nitrogens with zero attached hydrogens (tertiary/aromatic N) is 2. The van der Waals surface area contributed by atoms with Crippen LogP contribution in [-0.4, -0.2) is 23.7 Å². The molecule has 0 bridgehead atoms. The maximum atomic E-state index is 12.2. The lowest BCUT2D eigenvalue weighted by atomic mass is 10.1. The summed E-state index contributed by atoms with van der Waals surface area (Å²) in [6.45, 7) is 5.50. The number of amides is 1. The molecule has 0 saturated carbocycles. The number of rotatable bonds is 7. The molecule has 0 aliphatic rings. The molecule has 0 spiro atoms. The van der Waals surface area contributed by atoms with Crippen LogP contribution in [0.3, 0.4) is 0 Å². The molecule has 0 saturated heterocycles. The first-order chi connectivity index (χ1) is 12.0. The van der Waals surface area contributed by atoms with Crippen LogP contribution in [0.25, 0.3) is 0 Å². The summed E-state index contributed by atoms with van der Waals surface area (Å²) < 4.78 is 5.41. The van der Waals surface area contributed by atoms with Gasteiger partial charge in [0.1, 0.15) is 12.4 Å². The normalized spacial score (nSPS) is 10.4. The average Bonchev–Trinajstić information content (AvgIpc) is 2.60. The second-order valence-electron chi connectivity index (χ2n) is 5.08. The van der Waals surface area contributed by atoms with Crippen molar-refractivity contribution < 1.29 is 14.5 Å². The molecule has 2 aromatic rings. The molecule has 0 aliphatic heterocycles.